The van der Waals surface area contributed by atoms with E-state index in [9.17, 15) is 14.3 Å². The second kappa shape index (κ2) is 8.11. The van der Waals surface area contributed by atoms with Gasteiger partial charge in [0.05, 0.1) is 10.7 Å². The Hall–Kier alpha value is -2.09. The molecule has 0 aliphatic heterocycles. The number of carboxylic acids is 1. The SMILES string of the molecule is CC(C)n1cc(C(=O)O)nc1Nc1cc(-c2cccc(Cl)c2F)c(Cl)cc1Br. The van der Waals surface area contributed by atoms with Crippen molar-refractivity contribution in [2.45, 2.75) is 19.9 Å². The summed E-state index contributed by atoms with van der Waals surface area (Å²) >= 11 is 15.6. The summed E-state index contributed by atoms with van der Waals surface area (Å²) in [6.07, 6.45) is 1.46. The Kier molecular flexibility index (Phi) is 5.98. The Balaban J connectivity index is 2.09. The van der Waals surface area contributed by atoms with Crippen molar-refractivity contribution in [3.8, 4) is 11.1 Å². The molecular weight excluding hydrogens is 472 g/mol. The van der Waals surface area contributed by atoms with Crippen LogP contribution in [0.4, 0.5) is 16.0 Å². The number of hydrogen-bond acceptors (Lipinski definition) is 3. The lowest BCUT2D eigenvalue weighted by Gasteiger charge is -2.16. The number of aromatic carboxylic acids is 1. The average Bonchev–Trinajstić information content (AvgIpc) is 3.04. The van der Waals surface area contributed by atoms with Crippen LogP contribution in [0.3, 0.4) is 0 Å². The second-order valence-electron chi connectivity index (χ2n) is 6.29. The minimum Gasteiger partial charge on any atom is -0.476 e. The van der Waals surface area contributed by atoms with E-state index in [-0.39, 0.29) is 22.3 Å². The van der Waals surface area contributed by atoms with Gasteiger partial charge in [-0.25, -0.2) is 14.2 Å². The lowest BCUT2D eigenvalue weighted by Crippen LogP contribution is -2.05. The zero-order chi connectivity index (χ0) is 20.6. The molecule has 28 heavy (non-hydrogen) atoms. The molecule has 5 nitrogen and oxygen atoms in total. The van der Waals surface area contributed by atoms with Gasteiger partial charge in [0.2, 0.25) is 5.95 Å². The van der Waals surface area contributed by atoms with Gasteiger partial charge in [0, 0.05) is 32.9 Å². The van der Waals surface area contributed by atoms with E-state index in [2.05, 4.69) is 26.2 Å². The first kappa shape index (κ1) is 20.6. The third-order valence-electron chi connectivity index (χ3n) is 4.05. The van der Waals surface area contributed by atoms with E-state index >= 15 is 0 Å². The van der Waals surface area contributed by atoms with Crippen molar-refractivity contribution in [2.24, 2.45) is 0 Å². The Bertz CT molecular complexity index is 1070. The van der Waals surface area contributed by atoms with E-state index in [1.807, 2.05) is 13.8 Å². The lowest BCUT2D eigenvalue weighted by molar-refractivity contribution is 0.0691. The molecule has 0 radical (unpaired) electrons. The van der Waals surface area contributed by atoms with Crippen molar-refractivity contribution in [1.82, 2.24) is 9.55 Å². The largest absolute Gasteiger partial charge is 0.476 e. The minimum absolute atomic E-state index is 0.00699. The molecule has 146 valence electrons. The van der Waals surface area contributed by atoms with Gasteiger partial charge in [-0.05, 0) is 48.0 Å². The van der Waals surface area contributed by atoms with Crippen molar-refractivity contribution in [2.75, 3.05) is 5.32 Å². The van der Waals surface area contributed by atoms with Gasteiger partial charge in [-0.3, -0.25) is 0 Å². The molecule has 0 aliphatic rings. The van der Waals surface area contributed by atoms with Gasteiger partial charge in [-0.1, -0.05) is 35.3 Å². The highest BCUT2D eigenvalue weighted by Crippen LogP contribution is 2.39. The standard InChI is InChI=1S/C19H15BrCl2FN3O2/c1-9(2)26-8-16(18(27)28)25-19(26)24-15-6-11(14(22)7-12(15)20)10-4-3-5-13(21)17(10)23/h3-9H,1-2H3,(H,24,25)(H,27,28). The van der Waals surface area contributed by atoms with Crippen molar-refractivity contribution in [1.29, 1.82) is 0 Å². The number of hydrogen-bond donors (Lipinski definition) is 2. The van der Waals surface area contributed by atoms with Crippen molar-refractivity contribution in [3.05, 3.63) is 62.6 Å². The van der Waals surface area contributed by atoms with Gasteiger partial charge >= 0.3 is 5.97 Å². The zero-order valence-corrected chi connectivity index (χ0v) is 17.9. The molecule has 3 rings (SSSR count). The maximum atomic E-state index is 14.5. The molecule has 1 heterocycles. The van der Waals surface area contributed by atoms with E-state index in [0.717, 1.165) is 0 Å². The molecule has 0 spiro atoms. The zero-order valence-electron chi connectivity index (χ0n) is 14.8. The predicted octanol–water partition coefficient (Wildman–Crippen LogP) is 6.78. The number of carbonyl (C=O) groups is 1. The maximum Gasteiger partial charge on any atom is 0.356 e. The first-order valence-electron chi connectivity index (χ1n) is 8.21. The fourth-order valence-corrected chi connectivity index (χ4v) is 3.68. The third-order valence-corrected chi connectivity index (χ3v) is 5.31. The summed E-state index contributed by atoms with van der Waals surface area (Å²) in [5.74, 6) is -1.36. The Labute approximate surface area is 179 Å². The first-order chi connectivity index (χ1) is 13.2. The summed E-state index contributed by atoms with van der Waals surface area (Å²) < 4.78 is 16.8. The predicted molar refractivity (Wildman–Crippen MR) is 112 cm³/mol. The highest BCUT2D eigenvalue weighted by atomic mass is 79.9. The van der Waals surface area contributed by atoms with Crippen molar-refractivity contribution in [3.63, 3.8) is 0 Å². The van der Waals surface area contributed by atoms with Crippen LogP contribution in [0.15, 0.2) is 41.0 Å². The maximum absolute atomic E-state index is 14.5. The number of rotatable bonds is 5. The molecule has 0 saturated carbocycles. The average molecular weight is 487 g/mol. The van der Waals surface area contributed by atoms with E-state index in [1.165, 1.54) is 12.3 Å². The van der Waals surface area contributed by atoms with Crippen LogP contribution >= 0.6 is 39.1 Å². The fourth-order valence-electron chi connectivity index (χ4n) is 2.67. The Morgan fingerprint density at radius 1 is 1.25 bits per heavy atom. The molecule has 2 aromatic carbocycles. The summed E-state index contributed by atoms with van der Waals surface area (Å²) in [5, 5.41) is 12.6. The highest BCUT2D eigenvalue weighted by molar-refractivity contribution is 9.10. The van der Waals surface area contributed by atoms with Crippen LogP contribution in [0.25, 0.3) is 11.1 Å². The van der Waals surface area contributed by atoms with Crippen LogP contribution in [0.5, 0.6) is 0 Å². The van der Waals surface area contributed by atoms with Crippen LogP contribution in [0.1, 0.15) is 30.4 Å². The summed E-state index contributed by atoms with van der Waals surface area (Å²) in [4.78, 5) is 15.4. The Morgan fingerprint density at radius 2 is 1.96 bits per heavy atom. The molecule has 9 heteroatoms. The molecule has 0 amide bonds. The fraction of sp³-hybridized carbons (Fsp3) is 0.158. The Morgan fingerprint density at radius 3 is 2.61 bits per heavy atom. The molecule has 0 atom stereocenters. The van der Waals surface area contributed by atoms with Gasteiger partial charge in [-0.2, -0.15) is 0 Å². The molecule has 1 aromatic heterocycles. The first-order valence-corrected chi connectivity index (χ1v) is 9.76. The number of imidazole rings is 1. The van der Waals surface area contributed by atoms with Gasteiger partial charge in [0.25, 0.3) is 0 Å². The number of carboxylic acid groups (broad SMARTS) is 1. The molecule has 0 aliphatic carbocycles. The normalized spacial score (nSPS) is 11.1. The van der Waals surface area contributed by atoms with Gasteiger partial charge in [0.15, 0.2) is 5.69 Å². The molecule has 2 N–H and O–H groups in total. The molecule has 0 unspecified atom stereocenters. The summed E-state index contributed by atoms with van der Waals surface area (Å²) in [5.41, 5.74) is 1.16. The molecular formula is C19H15BrCl2FN3O2. The highest BCUT2D eigenvalue weighted by Gasteiger charge is 2.18. The second-order valence-corrected chi connectivity index (χ2v) is 7.96. The number of aromatic nitrogens is 2. The van der Waals surface area contributed by atoms with E-state index < -0.39 is 11.8 Å². The van der Waals surface area contributed by atoms with Crippen molar-refractivity contribution < 1.29 is 14.3 Å². The van der Waals surface area contributed by atoms with Crippen LogP contribution < -0.4 is 5.32 Å². The van der Waals surface area contributed by atoms with E-state index in [0.29, 0.717) is 26.7 Å². The number of anilines is 2. The van der Waals surface area contributed by atoms with Crippen LogP contribution in [-0.2, 0) is 0 Å². The number of benzene rings is 2. The van der Waals surface area contributed by atoms with E-state index in [4.69, 9.17) is 23.2 Å². The molecule has 3 aromatic rings. The van der Waals surface area contributed by atoms with Gasteiger partial charge in [-0.15, -0.1) is 0 Å². The van der Waals surface area contributed by atoms with Gasteiger partial charge in [0.1, 0.15) is 5.82 Å². The topological polar surface area (TPSA) is 67.2 Å². The molecule has 0 saturated heterocycles. The molecule has 0 fully saturated rings. The van der Waals surface area contributed by atoms with E-state index in [1.54, 1.807) is 28.8 Å². The third kappa shape index (κ3) is 4.01. The summed E-state index contributed by atoms with van der Waals surface area (Å²) in [7, 11) is 0. The monoisotopic (exact) mass is 485 g/mol. The summed E-state index contributed by atoms with van der Waals surface area (Å²) in [6.45, 7) is 3.81. The van der Waals surface area contributed by atoms with Crippen LogP contribution in [0.2, 0.25) is 10.0 Å². The quantitative estimate of drug-likeness (QED) is 0.417. The van der Waals surface area contributed by atoms with Crippen LogP contribution in [-0.4, -0.2) is 20.6 Å². The molecule has 0 bridgehead atoms. The van der Waals surface area contributed by atoms with Crippen LogP contribution in [0, 0.1) is 5.82 Å². The van der Waals surface area contributed by atoms with Crippen molar-refractivity contribution >= 4 is 56.7 Å². The van der Waals surface area contributed by atoms with Gasteiger partial charge < -0.3 is 15.0 Å². The summed E-state index contributed by atoms with van der Waals surface area (Å²) in [6, 6.07) is 7.92. The smallest absolute Gasteiger partial charge is 0.356 e. The lowest BCUT2D eigenvalue weighted by atomic mass is 10.0. The number of halogens is 4. The number of nitrogens with zero attached hydrogens (tertiary/aromatic N) is 2. The minimum atomic E-state index is -1.13. The number of nitrogens with one attached hydrogen (secondary N) is 1.